The van der Waals surface area contributed by atoms with Crippen LogP contribution in [0.25, 0.3) is 11.3 Å². The maximum absolute atomic E-state index is 10.8. The van der Waals surface area contributed by atoms with Crippen LogP contribution in [-0.2, 0) is 0 Å². The molecule has 4 heteroatoms. The molecule has 16 heavy (non-hydrogen) atoms. The van der Waals surface area contributed by atoms with Gasteiger partial charge in [0.15, 0.2) is 0 Å². The highest BCUT2D eigenvalue weighted by Crippen LogP contribution is 2.22. The van der Waals surface area contributed by atoms with Gasteiger partial charge in [-0.1, -0.05) is 17.3 Å². The van der Waals surface area contributed by atoms with Crippen molar-refractivity contribution < 1.29 is 9.32 Å². The number of rotatable bonds is 2. The van der Waals surface area contributed by atoms with Crippen molar-refractivity contribution in [1.82, 2.24) is 5.16 Å². The van der Waals surface area contributed by atoms with Gasteiger partial charge in [-0.3, -0.25) is 4.79 Å². The summed E-state index contributed by atoms with van der Waals surface area (Å²) in [6.45, 7) is 4.06. The van der Waals surface area contributed by atoms with Crippen molar-refractivity contribution >= 4 is 16.8 Å². The second kappa shape index (κ2) is 4.10. The van der Waals surface area contributed by atoms with E-state index in [9.17, 15) is 4.79 Å². The molecule has 0 saturated heterocycles. The summed E-state index contributed by atoms with van der Waals surface area (Å²) in [6.07, 6.45) is 0. The van der Waals surface area contributed by atoms with Crippen molar-refractivity contribution in [2.75, 3.05) is 0 Å². The van der Waals surface area contributed by atoms with Crippen LogP contribution in [0.4, 0.5) is 0 Å². The van der Waals surface area contributed by atoms with Crippen molar-refractivity contribution in [2.24, 2.45) is 0 Å². The maximum atomic E-state index is 10.8. The van der Waals surface area contributed by atoms with E-state index in [-0.39, 0.29) is 5.76 Å². The molecule has 0 aliphatic carbocycles. The Morgan fingerprint density at radius 2 is 2.00 bits per heavy atom. The number of benzene rings is 1. The van der Waals surface area contributed by atoms with Crippen LogP contribution in [0.1, 0.15) is 21.7 Å². The molecule has 0 saturated carbocycles. The van der Waals surface area contributed by atoms with Crippen LogP contribution in [0.2, 0.25) is 0 Å². The molecule has 0 aliphatic rings. The van der Waals surface area contributed by atoms with Gasteiger partial charge in [0.25, 0.3) is 5.24 Å². The summed E-state index contributed by atoms with van der Waals surface area (Å²) in [7, 11) is 0. The largest absolute Gasteiger partial charge is 0.351 e. The van der Waals surface area contributed by atoms with Gasteiger partial charge >= 0.3 is 0 Å². The zero-order valence-electron chi connectivity index (χ0n) is 8.95. The molecule has 1 aromatic carbocycles. The van der Waals surface area contributed by atoms with Gasteiger partial charge in [0.1, 0.15) is 5.69 Å². The highest BCUT2D eigenvalue weighted by atomic mass is 35.5. The molecular formula is C12H10ClNO2. The fraction of sp³-hybridized carbons (Fsp3) is 0.167. The van der Waals surface area contributed by atoms with E-state index in [1.165, 1.54) is 11.1 Å². The second-order valence-electron chi connectivity index (χ2n) is 3.65. The summed E-state index contributed by atoms with van der Waals surface area (Å²) in [5.41, 5.74) is 3.91. The minimum absolute atomic E-state index is 0.0647. The molecule has 0 spiro atoms. The van der Waals surface area contributed by atoms with Crippen LogP contribution in [0.15, 0.2) is 28.8 Å². The van der Waals surface area contributed by atoms with E-state index in [4.69, 9.17) is 16.1 Å². The Morgan fingerprint density at radius 3 is 2.56 bits per heavy atom. The van der Waals surface area contributed by atoms with E-state index < -0.39 is 5.24 Å². The third kappa shape index (κ3) is 1.99. The lowest BCUT2D eigenvalue weighted by atomic mass is 10.0. The Labute approximate surface area is 98.0 Å². The molecule has 0 N–H and O–H groups in total. The highest BCUT2D eigenvalue weighted by Gasteiger charge is 2.11. The van der Waals surface area contributed by atoms with Crippen LogP contribution in [0, 0.1) is 13.8 Å². The van der Waals surface area contributed by atoms with E-state index in [0.29, 0.717) is 5.69 Å². The topological polar surface area (TPSA) is 43.1 Å². The van der Waals surface area contributed by atoms with Crippen molar-refractivity contribution in [3.8, 4) is 11.3 Å². The van der Waals surface area contributed by atoms with Crippen LogP contribution in [0.3, 0.4) is 0 Å². The van der Waals surface area contributed by atoms with Gasteiger partial charge in [-0.05, 0) is 42.6 Å². The first-order chi connectivity index (χ1) is 7.58. The first-order valence-electron chi connectivity index (χ1n) is 4.82. The highest BCUT2D eigenvalue weighted by molar-refractivity contribution is 6.67. The quantitative estimate of drug-likeness (QED) is 0.750. The van der Waals surface area contributed by atoms with Crippen LogP contribution in [-0.4, -0.2) is 10.4 Å². The first kappa shape index (κ1) is 10.9. The third-order valence-corrected chi connectivity index (χ3v) is 2.69. The van der Waals surface area contributed by atoms with E-state index in [2.05, 4.69) is 5.16 Å². The SMILES string of the molecule is Cc1ccc(-c2cc(C(=O)Cl)on2)cc1C. The fourth-order valence-corrected chi connectivity index (χ4v) is 1.49. The summed E-state index contributed by atoms with van der Waals surface area (Å²) >= 11 is 5.29. The molecule has 3 nitrogen and oxygen atoms in total. The van der Waals surface area contributed by atoms with Crippen LogP contribution >= 0.6 is 11.6 Å². The molecule has 0 bridgehead atoms. The van der Waals surface area contributed by atoms with Gasteiger partial charge in [0.05, 0.1) is 0 Å². The van der Waals surface area contributed by atoms with Gasteiger partial charge < -0.3 is 4.52 Å². The Balaban J connectivity index is 2.42. The normalized spacial score (nSPS) is 10.4. The van der Waals surface area contributed by atoms with E-state index in [0.717, 1.165) is 5.56 Å². The van der Waals surface area contributed by atoms with Crippen LogP contribution < -0.4 is 0 Å². The van der Waals surface area contributed by atoms with Gasteiger partial charge in [0, 0.05) is 11.6 Å². The Bertz CT molecular complexity index is 546. The first-order valence-corrected chi connectivity index (χ1v) is 5.20. The lowest BCUT2D eigenvalue weighted by Gasteiger charge is -2.01. The number of carbonyl (C=O) groups excluding carboxylic acids is 1. The van der Waals surface area contributed by atoms with Crippen molar-refractivity contribution in [1.29, 1.82) is 0 Å². The molecule has 0 atom stereocenters. The second-order valence-corrected chi connectivity index (χ2v) is 3.99. The number of nitrogens with zero attached hydrogens (tertiary/aromatic N) is 1. The predicted molar refractivity (Wildman–Crippen MR) is 61.6 cm³/mol. The summed E-state index contributed by atoms with van der Waals surface area (Å²) < 4.78 is 4.82. The summed E-state index contributed by atoms with van der Waals surface area (Å²) in [5, 5.41) is 3.16. The number of halogens is 1. The molecule has 1 aromatic heterocycles. The van der Waals surface area contributed by atoms with Crippen molar-refractivity contribution in [2.45, 2.75) is 13.8 Å². The molecule has 82 valence electrons. The Hall–Kier alpha value is -1.61. The number of aryl methyl sites for hydroxylation is 2. The molecule has 0 aliphatic heterocycles. The van der Waals surface area contributed by atoms with Gasteiger partial charge in [-0.15, -0.1) is 0 Å². The summed E-state index contributed by atoms with van der Waals surface area (Å²) in [4.78, 5) is 10.8. The predicted octanol–water partition coefficient (Wildman–Crippen LogP) is 3.34. The average Bonchev–Trinajstić information content (AvgIpc) is 2.71. The number of aromatic nitrogens is 1. The number of hydrogen-bond donors (Lipinski definition) is 0. The maximum Gasteiger partial charge on any atom is 0.290 e. The molecule has 0 unspecified atom stereocenters. The lowest BCUT2D eigenvalue weighted by molar-refractivity contribution is 0.104. The molecule has 2 aromatic rings. The minimum Gasteiger partial charge on any atom is -0.351 e. The molecular weight excluding hydrogens is 226 g/mol. The van der Waals surface area contributed by atoms with Crippen molar-refractivity contribution in [3.63, 3.8) is 0 Å². The Morgan fingerprint density at radius 1 is 1.25 bits per heavy atom. The van der Waals surface area contributed by atoms with Gasteiger partial charge in [-0.2, -0.15) is 0 Å². The minimum atomic E-state index is -0.636. The summed E-state index contributed by atoms with van der Waals surface area (Å²) in [6, 6.07) is 7.47. The Kier molecular flexibility index (Phi) is 2.79. The zero-order chi connectivity index (χ0) is 11.7. The van der Waals surface area contributed by atoms with E-state index >= 15 is 0 Å². The molecule has 2 rings (SSSR count). The number of hydrogen-bond acceptors (Lipinski definition) is 3. The molecule has 0 amide bonds. The molecule has 0 radical (unpaired) electrons. The monoisotopic (exact) mass is 235 g/mol. The van der Waals surface area contributed by atoms with Gasteiger partial charge in [0.2, 0.25) is 5.76 Å². The average molecular weight is 236 g/mol. The molecule has 0 fully saturated rings. The van der Waals surface area contributed by atoms with Gasteiger partial charge in [-0.25, -0.2) is 0 Å². The standard InChI is InChI=1S/C12H10ClNO2/c1-7-3-4-9(5-8(7)2)10-6-11(12(13)15)16-14-10/h3-6H,1-2H3. The zero-order valence-corrected chi connectivity index (χ0v) is 9.71. The lowest BCUT2D eigenvalue weighted by Crippen LogP contribution is -1.84. The smallest absolute Gasteiger partial charge is 0.290 e. The van der Waals surface area contributed by atoms with E-state index in [1.54, 1.807) is 6.07 Å². The van der Waals surface area contributed by atoms with Crippen LogP contribution in [0.5, 0.6) is 0 Å². The fourth-order valence-electron chi connectivity index (χ4n) is 1.40. The third-order valence-electron chi connectivity index (χ3n) is 2.51. The summed E-state index contributed by atoms with van der Waals surface area (Å²) in [5.74, 6) is 0.0647. The van der Waals surface area contributed by atoms with Crippen molar-refractivity contribution in [3.05, 3.63) is 41.2 Å². The molecule has 1 heterocycles. The number of carbonyl (C=O) groups is 1. The van der Waals surface area contributed by atoms with E-state index in [1.807, 2.05) is 32.0 Å².